The molecular formula is C9H9FO2. The summed E-state index contributed by atoms with van der Waals surface area (Å²) in [5.41, 5.74) is 0.507. The highest BCUT2D eigenvalue weighted by Gasteiger charge is 2.11. The third-order valence-corrected chi connectivity index (χ3v) is 1.62. The zero-order valence-corrected chi connectivity index (χ0v) is 6.89. The van der Waals surface area contributed by atoms with Crippen LogP contribution in [0.15, 0.2) is 12.1 Å². The van der Waals surface area contributed by atoms with Gasteiger partial charge in [0.25, 0.3) is 0 Å². The SMILES string of the molecule is CC(=O)c1c(C)cc(O)cc1F. The lowest BCUT2D eigenvalue weighted by atomic mass is 10.0. The number of phenols is 1. The minimum atomic E-state index is -0.667. The van der Waals surface area contributed by atoms with Crippen molar-refractivity contribution in [3.63, 3.8) is 0 Å². The van der Waals surface area contributed by atoms with E-state index >= 15 is 0 Å². The van der Waals surface area contributed by atoms with Crippen LogP contribution in [0, 0.1) is 12.7 Å². The zero-order chi connectivity index (χ0) is 9.30. The highest BCUT2D eigenvalue weighted by atomic mass is 19.1. The van der Waals surface area contributed by atoms with Crippen LogP contribution in [0.5, 0.6) is 5.75 Å². The van der Waals surface area contributed by atoms with Crippen LogP contribution >= 0.6 is 0 Å². The van der Waals surface area contributed by atoms with E-state index in [1.807, 2.05) is 0 Å². The Morgan fingerprint density at radius 3 is 2.50 bits per heavy atom. The summed E-state index contributed by atoms with van der Waals surface area (Å²) < 4.78 is 13.0. The molecule has 0 saturated heterocycles. The van der Waals surface area contributed by atoms with Gasteiger partial charge in [0, 0.05) is 6.07 Å². The molecule has 3 heteroatoms. The Morgan fingerprint density at radius 2 is 2.08 bits per heavy atom. The molecule has 1 aromatic carbocycles. The van der Waals surface area contributed by atoms with Crippen molar-refractivity contribution in [2.24, 2.45) is 0 Å². The third kappa shape index (κ3) is 1.44. The normalized spacial score (nSPS) is 9.92. The monoisotopic (exact) mass is 168 g/mol. The molecule has 0 aliphatic rings. The van der Waals surface area contributed by atoms with Gasteiger partial charge in [0.15, 0.2) is 5.78 Å². The number of aromatic hydroxyl groups is 1. The number of Topliss-reactive ketones (excluding diaryl/α,β-unsaturated/α-hetero) is 1. The summed E-state index contributed by atoms with van der Waals surface area (Å²) in [6, 6.07) is 2.30. The summed E-state index contributed by atoms with van der Waals surface area (Å²) in [5, 5.41) is 8.95. The van der Waals surface area contributed by atoms with Gasteiger partial charge in [-0.3, -0.25) is 4.79 Å². The first kappa shape index (κ1) is 8.71. The van der Waals surface area contributed by atoms with Crippen LogP contribution in [-0.4, -0.2) is 10.9 Å². The molecule has 0 bridgehead atoms. The van der Waals surface area contributed by atoms with E-state index in [-0.39, 0.29) is 17.1 Å². The molecule has 0 atom stereocenters. The van der Waals surface area contributed by atoms with Gasteiger partial charge in [-0.25, -0.2) is 4.39 Å². The molecule has 2 nitrogen and oxygen atoms in total. The smallest absolute Gasteiger partial charge is 0.163 e. The van der Waals surface area contributed by atoms with Gasteiger partial charge < -0.3 is 5.11 Å². The van der Waals surface area contributed by atoms with Gasteiger partial charge >= 0.3 is 0 Å². The topological polar surface area (TPSA) is 37.3 Å². The first-order valence-corrected chi connectivity index (χ1v) is 3.52. The molecule has 1 rings (SSSR count). The van der Waals surface area contributed by atoms with E-state index < -0.39 is 5.82 Å². The summed E-state index contributed by atoms with van der Waals surface area (Å²) in [6.45, 7) is 2.88. The Hall–Kier alpha value is -1.38. The average Bonchev–Trinajstić information content (AvgIpc) is 1.82. The van der Waals surface area contributed by atoms with Gasteiger partial charge in [-0.05, 0) is 25.5 Å². The number of hydrogen-bond donors (Lipinski definition) is 1. The van der Waals surface area contributed by atoms with Gasteiger partial charge in [0.2, 0.25) is 0 Å². The van der Waals surface area contributed by atoms with Crippen molar-refractivity contribution in [3.05, 3.63) is 29.1 Å². The van der Waals surface area contributed by atoms with Crippen LogP contribution < -0.4 is 0 Å². The maximum Gasteiger partial charge on any atom is 0.163 e. The lowest BCUT2D eigenvalue weighted by Crippen LogP contribution is -1.99. The van der Waals surface area contributed by atoms with Crippen molar-refractivity contribution in [3.8, 4) is 5.75 Å². The van der Waals surface area contributed by atoms with E-state index in [9.17, 15) is 9.18 Å². The lowest BCUT2D eigenvalue weighted by Gasteiger charge is -2.03. The van der Waals surface area contributed by atoms with Gasteiger partial charge in [0.1, 0.15) is 11.6 Å². The van der Waals surface area contributed by atoms with Crippen molar-refractivity contribution in [1.82, 2.24) is 0 Å². The van der Waals surface area contributed by atoms with Crippen LogP contribution in [0.3, 0.4) is 0 Å². The number of carbonyl (C=O) groups excluding carboxylic acids is 1. The largest absolute Gasteiger partial charge is 0.508 e. The average molecular weight is 168 g/mol. The minimum Gasteiger partial charge on any atom is -0.508 e. The molecule has 0 amide bonds. The van der Waals surface area contributed by atoms with Gasteiger partial charge in [0.05, 0.1) is 5.56 Å². The van der Waals surface area contributed by atoms with E-state index in [4.69, 9.17) is 5.11 Å². The molecule has 0 radical (unpaired) electrons. The third-order valence-electron chi connectivity index (χ3n) is 1.62. The molecule has 0 fully saturated rings. The molecule has 0 unspecified atom stereocenters. The fourth-order valence-corrected chi connectivity index (χ4v) is 1.17. The standard InChI is InChI=1S/C9H9FO2/c1-5-3-7(12)4-8(10)9(5)6(2)11/h3-4,12H,1-2H3. The molecule has 0 aliphatic heterocycles. The molecule has 0 spiro atoms. The summed E-state index contributed by atoms with van der Waals surface area (Å²) >= 11 is 0. The minimum absolute atomic E-state index is 0.0489. The van der Waals surface area contributed by atoms with E-state index in [1.165, 1.54) is 13.0 Å². The predicted molar refractivity (Wildman–Crippen MR) is 42.8 cm³/mol. The Bertz CT molecular complexity index is 308. The number of benzene rings is 1. The summed E-state index contributed by atoms with van der Waals surface area (Å²) in [6.07, 6.45) is 0. The number of rotatable bonds is 1. The molecule has 64 valence electrons. The Balaban J connectivity index is 3.38. The lowest BCUT2D eigenvalue weighted by molar-refractivity contribution is 0.101. The molecule has 0 aromatic heterocycles. The molecule has 1 N–H and O–H groups in total. The maximum atomic E-state index is 13.0. The molecule has 0 saturated carbocycles. The second-order valence-corrected chi connectivity index (χ2v) is 2.68. The van der Waals surface area contributed by atoms with Crippen molar-refractivity contribution < 1.29 is 14.3 Å². The highest BCUT2D eigenvalue weighted by molar-refractivity contribution is 5.95. The summed E-state index contributed by atoms with van der Waals surface area (Å²) in [4.78, 5) is 10.9. The second-order valence-electron chi connectivity index (χ2n) is 2.68. The zero-order valence-electron chi connectivity index (χ0n) is 6.89. The van der Waals surface area contributed by atoms with E-state index in [2.05, 4.69) is 0 Å². The number of halogens is 1. The highest BCUT2D eigenvalue weighted by Crippen LogP contribution is 2.20. The van der Waals surface area contributed by atoms with Crippen molar-refractivity contribution >= 4 is 5.78 Å². The van der Waals surface area contributed by atoms with Crippen LogP contribution in [-0.2, 0) is 0 Å². The Labute approximate surface area is 69.6 Å². The summed E-state index contributed by atoms with van der Waals surface area (Å²) in [5.74, 6) is -1.15. The molecular weight excluding hydrogens is 159 g/mol. The number of carbonyl (C=O) groups is 1. The van der Waals surface area contributed by atoms with Gasteiger partial charge in [-0.2, -0.15) is 0 Å². The van der Waals surface area contributed by atoms with E-state index in [0.29, 0.717) is 5.56 Å². The number of phenolic OH excluding ortho intramolecular Hbond substituents is 1. The van der Waals surface area contributed by atoms with Crippen LogP contribution in [0.1, 0.15) is 22.8 Å². The predicted octanol–water partition coefficient (Wildman–Crippen LogP) is 2.04. The van der Waals surface area contributed by atoms with E-state index in [1.54, 1.807) is 6.92 Å². The van der Waals surface area contributed by atoms with Gasteiger partial charge in [-0.15, -0.1) is 0 Å². The van der Waals surface area contributed by atoms with Crippen LogP contribution in [0.2, 0.25) is 0 Å². The molecule has 0 aliphatic carbocycles. The molecule has 12 heavy (non-hydrogen) atoms. The Kier molecular flexibility index (Phi) is 2.13. The quantitative estimate of drug-likeness (QED) is 0.651. The Morgan fingerprint density at radius 1 is 1.50 bits per heavy atom. The molecule has 1 aromatic rings. The van der Waals surface area contributed by atoms with Crippen molar-refractivity contribution in [2.45, 2.75) is 13.8 Å². The fraction of sp³-hybridized carbons (Fsp3) is 0.222. The molecule has 0 heterocycles. The van der Waals surface area contributed by atoms with E-state index in [0.717, 1.165) is 6.07 Å². The van der Waals surface area contributed by atoms with Crippen molar-refractivity contribution in [2.75, 3.05) is 0 Å². The van der Waals surface area contributed by atoms with Crippen LogP contribution in [0.4, 0.5) is 4.39 Å². The number of hydrogen-bond acceptors (Lipinski definition) is 2. The van der Waals surface area contributed by atoms with Crippen molar-refractivity contribution in [1.29, 1.82) is 0 Å². The first-order valence-electron chi connectivity index (χ1n) is 3.52. The first-order chi connectivity index (χ1) is 5.52. The number of aryl methyl sites for hydroxylation is 1. The number of ketones is 1. The van der Waals surface area contributed by atoms with Gasteiger partial charge in [-0.1, -0.05) is 0 Å². The van der Waals surface area contributed by atoms with Crippen LogP contribution in [0.25, 0.3) is 0 Å². The fourth-order valence-electron chi connectivity index (χ4n) is 1.17. The second kappa shape index (κ2) is 2.93. The summed E-state index contributed by atoms with van der Waals surface area (Å²) in [7, 11) is 0. The maximum absolute atomic E-state index is 13.0.